The monoisotopic (exact) mass is 389 g/mol. The number of likely N-dealkylation sites (tertiary alicyclic amines) is 1. The van der Waals surface area contributed by atoms with E-state index in [0.717, 1.165) is 22.5 Å². The van der Waals surface area contributed by atoms with E-state index in [9.17, 15) is 9.59 Å². The van der Waals surface area contributed by atoms with Crippen LogP contribution < -0.4 is 5.73 Å². The molecule has 0 atom stereocenters. The fraction of sp³-hybridized carbons (Fsp3) is 0.273. The molecule has 148 valence electrons. The molecule has 3 aromatic rings. The minimum atomic E-state index is -0.438. The van der Waals surface area contributed by atoms with Crippen molar-refractivity contribution in [2.24, 2.45) is 5.73 Å². The highest BCUT2D eigenvalue weighted by Gasteiger charge is 2.32. The molecule has 2 N–H and O–H groups in total. The van der Waals surface area contributed by atoms with Crippen molar-refractivity contribution in [3.8, 4) is 11.1 Å². The maximum absolute atomic E-state index is 12.9. The Labute approximate surface area is 169 Å². The lowest BCUT2D eigenvalue weighted by atomic mass is 9.91. The van der Waals surface area contributed by atoms with E-state index >= 15 is 0 Å². The topological polar surface area (TPSA) is 94.1 Å². The number of carbonyl (C=O) groups is 2. The van der Waals surface area contributed by atoms with E-state index in [-0.39, 0.29) is 12.5 Å². The summed E-state index contributed by atoms with van der Waals surface area (Å²) in [6.07, 6.45) is 3.62. The van der Waals surface area contributed by atoms with Crippen LogP contribution in [0, 0.1) is 13.8 Å². The van der Waals surface area contributed by atoms with Gasteiger partial charge in [0.15, 0.2) is 0 Å². The lowest BCUT2D eigenvalue weighted by Crippen LogP contribution is -2.48. The third-order valence-electron chi connectivity index (χ3n) is 5.41. The molecule has 0 aliphatic carbocycles. The van der Waals surface area contributed by atoms with E-state index < -0.39 is 5.91 Å². The van der Waals surface area contributed by atoms with Crippen LogP contribution >= 0.6 is 0 Å². The van der Waals surface area contributed by atoms with Gasteiger partial charge < -0.3 is 10.6 Å². The van der Waals surface area contributed by atoms with Gasteiger partial charge in [-0.2, -0.15) is 5.10 Å². The third-order valence-corrected chi connectivity index (χ3v) is 5.41. The summed E-state index contributed by atoms with van der Waals surface area (Å²) in [5.74, 6) is -0.0776. The van der Waals surface area contributed by atoms with Crippen LogP contribution in [0.1, 0.15) is 33.2 Å². The standard InChI is InChI=1S/C22H23N5O2/c1-14-21(15(2)27(25-14)13-20(23)28)16-5-3-6-17(9-16)22(29)26-11-19(12-26)18-7-4-8-24-10-18/h3-10,19H,11-13H2,1-2H3,(H2,23,28). The first kappa shape index (κ1) is 18.9. The number of aryl methyl sites for hydroxylation is 1. The number of pyridine rings is 1. The van der Waals surface area contributed by atoms with Crippen molar-refractivity contribution in [1.82, 2.24) is 19.7 Å². The molecule has 3 heterocycles. The number of nitrogens with two attached hydrogens (primary N) is 1. The summed E-state index contributed by atoms with van der Waals surface area (Å²) < 4.78 is 1.61. The molecule has 1 fully saturated rings. The molecule has 1 aromatic carbocycles. The fourth-order valence-electron chi connectivity index (χ4n) is 3.88. The maximum Gasteiger partial charge on any atom is 0.253 e. The number of aromatic nitrogens is 3. The van der Waals surface area contributed by atoms with Gasteiger partial charge in [-0.1, -0.05) is 18.2 Å². The molecule has 1 aliphatic rings. The SMILES string of the molecule is Cc1nn(CC(N)=O)c(C)c1-c1cccc(C(=O)N2CC(c3cccnc3)C2)c1. The smallest absolute Gasteiger partial charge is 0.253 e. The average Bonchev–Trinajstić information content (AvgIpc) is 2.94. The molecule has 1 saturated heterocycles. The zero-order chi connectivity index (χ0) is 20.5. The fourth-order valence-corrected chi connectivity index (χ4v) is 3.88. The second-order valence-corrected chi connectivity index (χ2v) is 7.44. The van der Waals surface area contributed by atoms with Gasteiger partial charge in [0, 0.05) is 48.2 Å². The predicted octanol–water partition coefficient (Wildman–Crippen LogP) is 2.29. The number of hydrogen-bond donors (Lipinski definition) is 1. The second kappa shape index (κ2) is 7.50. The number of amides is 2. The molecule has 29 heavy (non-hydrogen) atoms. The van der Waals surface area contributed by atoms with Crippen molar-refractivity contribution >= 4 is 11.8 Å². The summed E-state index contributed by atoms with van der Waals surface area (Å²) in [5, 5.41) is 4.42. The second-order valence-electron chi connectivity index (χ2n) is 7.44. The van der Waals surface area contributed by atoms with E-state index in [2.05, 4.69) is 16.1 Å². The zero-order valence-corrected chi connectivity index (χ0v) is 16.5. The predicted molar refractivity (Wildman–Crippen MR) is 109 cm³/mol. The molecule has 0 unspecified atom stereocenters. The molecule has 0 spiro atoms. The Bertz CT molecular complexity index is 1070. The summed E-state index contributed by atoms with van der Waals surface area (Å²) in [6.45, 7) is 5.23. The number of carbonyl (C=O) groups excluding carboxylic acids is 2. The first-order valence-electron chi connectivity index (χ1n) is 9.56. The van der Waals surface area contributed by atoms with Crippen molar-refractivity contribution in [3.63, 3.8) is 0 Å². The van der Waals surface area contributed by atoms with Crippen LogP contribution in [-0.2, 0) is 11.3 Å². The Balaban J connectivity index is 1.53. The molecule has 1 aliphatic heterocycles. The number of nitrogens with zero attached hydrogens (tertiary/aromatic N) is 4. The summed E-state index contributed by atoms with van der Waals surface area (Å²) in [4.78, 5) is 30.2. The van der Waals surface area contributed by atoms with Crippen molar-refractivity contribution in [2.45, 2.75) is 26.3 Å². The summed E-state index contributed by atoms with van der Waals surface area (Å²) >= 11 is 0. The molecule has 0 bridgehead atoms. The number of primary amides is 1. The number of rotatable bonds is 5. The molecule has 4 rings (SSSR count). The molecular weight excluding hydrogens is 366 g/mol. The van der Waals surface area contributed by atoms with Crippen molar-refractivity contribution in [1.29, 1.82) is 0 Å². The quantitative estimate of drug-likeness (QED) is 0.724. The highest BCUT2D eigenvalue weighted by molar-refractivity contribution is 5.96. The molecule has 7 heteroatoms. The van der Waals surface area contributed by atoms with Gasteiger partial charge in [-0.3, -0.25) is 19.3 Å². The Morgan fingerprint density at radius 3 is 2.66 bits per heavy atom. The van der Waals surface area contributed by atoms with Gasteiger partial charge in [-0.15, -0.1) is 0 Å². The largest absolute Gasteiger partial charge is 0.368 e. The Kier molecular flexibility index (Phi) is 4.88. The number of benzene rings is 1. The molecule has 0 radical (unpaired) electrons. The van der Waals surface area contributed by atoms with Crippen LogP contribution in [0.4, 0.5) is 0 Å². The van der Waals surface area contributed by atoms with Crippen LogP contribution in [0.2, 0.25) is 0 Å². The van der Waals surface area contributed by atoms with Crippen molar-refractivity contribution in [2.75, 3.05) is 13.1 Å². The van der Waals surface area contributed by atoms with Gasteiger partial charge >= 0.3 is 0 Å². The Hall–Kier alpha value is -3.48. The van der Waals surface area contributed by atoms with Gasteiger partial charge in [0.1, 0.15) is 6.54 Å². The summed E-state index contributed by atoms with van der Waals surface area (Å²) in [7, 11) is 0. The molecular formula is C22H23N5O2. The van der Waals surface area contributed by atoms with E-state index in [4.69, 9.17) is 5.73 Å². The minimum absolute atomic E-state index is 0.0202. The van der Waals surface area contributed by atoms with Crippen LogP contribution in [-0.4, -0.2) is 44.6 Å². The van der Waals surface area contributed by atoms with E-state index in [0.29, 0.717) is 24.6 Å². The van der Waals surface area contributed by atoms with E-state index in [1.54, 1.807) is 10.9 Å². The van der Waals surface area contributed by atoms with E-state index in [1.807, 2.05) is 55.3 Å². The van der Waals surface area contributed by atoms with Gasteiger partial charge in [0.05, 0.1) is 5.69 Å². The third kappa shape index (κ3) is 3.63. The summed E-state index contributed by atoms with van der Waals surface area (Å²) in [6, 6.07) is 11.5. The molecule has 7 nitrogen and oxygen atoms in total. The van der Waals surface area contributed by atoms with Gasteiger partial charge in [-0.05, 0) is 43.2 Å². The van der Waals surface area contributed by atoms with Crippen molar-refractivity contribution in [3.05, 3.63) is 71.3 Å². The lowest BCUT2D eigenvalue weighted by molar-refractivity contribution is -0.118. The highest BCUT2D eigenvalue weighted by atomic mass is 16.2. The lowest BCUT2D eigenvalue weighted by Gasteiger charge is -2.39. The van der Waals surface area contributed by atoms with Crippen LogP contribution in [0.25, 0.3) is 11.1 Å². The highest BCUT2D eigenvalue weighted by Crippen LogP contribution is 2.30. The molecule has 2 amide bonds. The summed E-state index contributed by atoms with van der Waals surface area (Å²) in [5.41, 5.74) is 10.6. The van der Waals surface area contributed by atoms with E-state index in [1.165, 1.54) is 5.56 Å². The number of hydrogen-bond acceptors (Lipinski definition) is 4. The Morgan fingerprint density at radius 2 is 1.97 bits per heavy atom. The molecule has 2 aromatic heterocycles. The van der Waals surface area contributed by atoms with Crippen molar-refractivity contribution < 1.29 is 9.59 Å². The average molecular weight is 389 g/mol. The normalized spacial score (nSPS) is 13.9. The maximum atomic E-state index is 12.9. The van der Waals surface area contributed by atoms with Gasteiger partial charge in [0.25, 0.3) is 5.91 Å². The zero-order valence-electron chi connectivity index (χ0n) is 16.5. The van der Waals surface area contributed by atoms with Crippen LogP contribution in [0.15, 0.2) is 48.8 Å². The minimum Gasteiger partial charge on any atom is -0.368 e. The van der Waals surface area contributed by atoms with Crippen LogP contribution in [0.3, 0.4) is 0 Å². The van der Waals surface area contributed by atoms with Crippen LogP contribution in [0.5, 0.6) is 0 Å². The van der Waals surface area contributed by atoms with Gasteiger partial charge in [-0.25, -0.2) is 0 Å². The van der Waals surface area contributed by atoms with Gasteiger partial charge in [0.2, 0.25) is 5.91 Å². The molecule has 0 saturated carbocycles. The first-order chi connectivity index (χ1) is 13.9. The first-order valence-corrected chi connectivity index (χ1v) is 9.56. The Morgan fingerprint density at radius 1 is 1.17 bits per heavy atom.